The van der Waals surface area contributed by atoms with E-state index in [1.165, 1.54) is 43.8 Å². The lowest BCUT2D eigenvalue weighted by Gasteiger charge is -2.25. The molecule has 55 heavy (non-hydrogen) atoms. The molecular formula is C53H46N2. The van der Waals surface area contributed by atoms with Crippen molar-refractivity contribution in [2.75, 3.05) is 0 Å². The minimum atomic E-state index is 0.131. The number of nitrogens with zero attached hydrogens (tertiary/aromatic N) is 2. The van der Waals surface area contributed by atoms with Crippen LogP contribution in [0.3, 0.4) is 0 Å². The van der Waals surface area contributed by atoms with E-state index in [0.717, 1.165) is 59.4 Å². The summed E-state index contributed by atoms with van der Waals surface area (Å²) >= 11 is 0. The molecule has 0 fully saturated rings. The Morgan fingerprint density at radius 1 is 0.709 bits per heavy atom. The Hall–Kier alpha value is -6.51. The number of rotatable bonds is 10. The molecule has 0 aliphatic heterocycles. The van der Waals surface area contributed by atoms with E-state index in [9.17, 15) is 0 Å². The first-order chi connectivity index (χ1) is 27.1. The monoisotopic (exact) mass is 710 g/mol. The Bertz CT molecular complexity index is 2640. The summed E-state index contributed by atoms with van der Waals surface area (Å²) in [6.45, 7) is 13.0. The highest BCUT2D eigenvalue weighted by Gasteiger charge is 2.22. The molecular weight excluding hydrogens is 665 g/mol. The molecule has 6 aromatic rings. The second-order valence-corrected chi connectivity index (χ2v) is 14.3. The molecule has 5 aromatic carbocycles. The van der Waals surface area contributed by atoms with Gasteiger partial charge >= 0.3 is 0 Å². The standard InChI is InChI=1S/C53H46N2/c1-4-6-21-41-36-43(53-54-51-30-19-20-31-52(51)55(53)44-25-13-10-14-26-44)33-34-47(41)42-32-35-49-46(38(3)45-27-18-17-22-39(45)5-2)28-15-7-8-16-29-48(50(49)37-42)40-23-11-9-12-24-40/h4-5,9-20,22-37,39,45H,1-3,6-8,21H2/b28-15+,29-16+,49-46+,50-48+. The van der Waals surface area contributed by atoms with Gasteiger partial charge < -0.3 is 0 Å². The number of aromatic nitrogens is 2. The molecule has 1 heterocycles. The van der Waals surface area contributed by atoms with E-state index in [0.29, 0.717) is 0 Å². The van der Waals surface area contributed by atoms with Gasteiger partial charge in [-0.2, -0.15) is 0 Å². The van der Waals surface area contributed by atoms with E-state index >= 15 is 0 Å². The van der Waals surface area contributed by atoms with Crippen molar-refractivity contribution in [1.29, 1.82) is 0 Å². The lowest BCUT2D eigenvalue weighted by Crippen LogP contribution is -2.31. The zero-order chi connectivity index (χ0) is 37.6. The van der Waals surface area contributed by atoms with Gasteiger partial charge in [0, 0.05) is 23.1 Å². The number of aryl methyl sites for hydroxylation is 1. The number of benzene rings is 5. The van der Waals surface area contributed by atoms with Crippen molar-refractivity contribution < 1.29 is 0 Å². The van der Waals surface area contributed by atoms with Gasteiger partial charge in [0.15, 0.2) is 0 Å². The maximum atomic E-state index is 5.19. The first kappa shape index (κ1) is 35.5. The van der Waals surface area contributed by atoms with Crippen molar-refractivity contribution >= 4 is 22.2 Å². The van der Waals surface area contributed by atoms with Crippen LogP contribution in [0.1, 0.15) is 30.4 Å². The van der Waals surface area contributed by atoms with Crippen LogP contribution in [0, 0.1) is 11.8 Å². The molecule has 2 unspecified atom stereocenters. The highest BCUT2D eigenvalue weighted by Crippen LogP contribution is 2.35. The quantitative estimate of drug-likeness (QED) is 0.129. The number of imidazole rings is 1. The Morgan fingerprint density at radius 3 is 2.24 bits per heavy atom. The summed E-state index contributed by atoms with van der Waals surface area (Å²) in [5.74, 6) is 1.25. The van der Waals surface area contributed by atoms with Crippen LogP contribution in [0.2, 0.25) is 0 Å². The SMILES string of the molecule is C=CCCc1cc(-c2nc3ccccc3n2-c2ccccc2)ccc1-c1ccc2/c(c1)=C(c1ccccc1)\C=C\CC\C=C\C=2C(=C)C1C=CC=CC1C=C. The Kier molecular flexibility index (Phi) is 10.5. The van der Waals surface area contributed by atoms with Gasteiger partial charge in [0.1, 0.15) is 5.82 Å². The zero-order valence-electron chi connectivity index (χ0n) is 31.3. The first-order valence-corrected chi connectivity index (χ1v) is 19.4. The highest BCUT2D eigenvalue weighted by atomic mass is 15.1. The molecule has 0 saturated heterocycles. The maximum absolute atomic E-state index is 5.19. The van der Waals surface area contributed by atoms with Crippen molar-refractivity contribution in [3.63, 3.8) is 0 Å². The summed E-state index contributed by atoms with van der Waals surface area (Å²) in [4.78, 5) is 5.19. The average Bonchev–Trinajstić information content (AvgIpc) is 3.64. The van der Waals surface area contributed by atoms with Gasteiger partial charge in [0.25, 0.3) is 0 Å². The Morgan fingerprint density at radius 2 is 1.44 bits per heavy atom. The summed E-state index contributed by atoms with van der Waals surface area (Å²) in [5.41, 5.74) is 12.6. The van der Waals surface area contributed by atoms with E-state index < -0.39 is 0 Å². The van der Waals surface area contributed by atoms with E-state index in [2.05, 4.69) is 188 Å². The van der Waals surface area contributed by atoms with Gasteiger partial charge in [0.05, 0.1) is 11.0 Å². The fraction of sp³-hybridized carbons (Fsp3) is 0.113. The topological polar surface area (TPSA) is 17.8 Å². The predicted octanol–water partition coefficient (Wildman–Crippen LogP) is 11.8. The van der Waals surface area contributed by atoms with Crippen molar-refractivity contribution in [3.05, 3.63) is 229 Å². The molecule has 2 aliphatic rings. The number of allylic oxidation sites excluding steroid dienone is 11. The van der Waals surface area contributed by atoms with Crippen LogP contribution in [0.25, 0.3) is 50.4 Å². The number of hydrogen-bond donors (Lipinski definition) is 0. The van der Waals surface area contributed by atoms with Crippen LogP contribution >= 0.6 is 0 Å². The van der Waals surface area contributed by atoms with Crippen LogP contribution in [-0.2, 0) is 6.42 Å². The Balaban J connectivity index is 1.36. The van der Waals surface area contributed by atoms with Gasteiger partial charge in [-0.05, 0) is 111 Å². The Labute approximate surface area is 325 Å². The third-order valence-corrected chi connectivity index (χ3v) is 10.8. The molecule has 0 amide bonds. The van der Waals surface area contributed by atoms with Crippen LogP contribution in [0.15, 0.2) is 207 Å². The second kappa shape index (κ2) is 16.2. The molecule has 268 valence electrons. The summed E-state index contributed by atoms with van der Waals surface area (Å²) in [6.07, 6.45) is 25.7. The minimum Gasteiger partial charge on any atom is -0.292 e. The lowest BCUT2D eigenvalue weighted by molar-refractivity contribution is 0.650. The summed E-state index contributed by atoms with van der Waals surface area (Å²) in [6, 6.07) is 43.6. The molecule has 2 heteroatoms. The zero-order valence-corrected chi connectivity index (χ0v) is 31.3. The molecule has 0 spiro atoms. The average molecular weight is 711 g/mol. The first-order valence-electron chi connectivity index (χ1n) is 19.4. The van der Waals surface area contributed by atoms with Crippen molar-refractivity contribution in [3.8, 4) is 28.2 Å². The fourth-order valence-corrected chi connectivity index (χ4v) is 8.01. The number of para-hydroxylation sites is 3. The van der Waals surface area contributed by atoms with Crippen LogP contribution < -0.4 is 10.4 Å². The third kappa shape index (κ3) is 7.24. The van der Waals surface area contributed by atoms with Crippen molar-refractivity contribution in [2.24, 2.45) is 11.8 Å². The normalized spacial score (nSPS) is 19.7. The molecule has 0 radical (unpaired) electrons. The summed E-state index contributed by atoms with van der Waals surface area (Å²) < 4.78 is 2.28. The molecule has 2 aliphatic carbocycles. The van der Waals surface area contributed by atoms with Crippen molar-refractivity contribution in [2.45, 2.75) is 25.7 Å². The van der Waals surface area contributed by atoms with Gasteiger partial charge in [0.2, 0.25) is 0 Å². The van der Waals surface area contributed by atoms with Gasteiger partial charge in [-0.25, -0.2) is 4.98 Å². The smallest absolute Gasteiger partial charge is 0.145 e. The van der Waals surface area contributed by atoms with Crippen LogP contribution in [0.4, 0.5) is 0 Å². The molecule has 8 rings (SSSR count). The molecule has 2 nitrogen and oxygen atoms in total. The molecule has 1 aromatic heterocycles. The fourth-order valence-electron chi connectivity index (χ4n) is 8.01. The second-order valence-electron chi connectivity index (χ2n) is 14.3. The maximum Gasteiger partial charge on any atom is 0.145 e. The summed E-state index contributed by atoms with van der Waals surface area (Å²) in [5, 5.41) is 2.37. The largest absolute Gasteiger partial charge is 0.292 e. The number of fused-ring (bicyclic) bond motifs is 2. The predicted molar refractivity (Wildman–Crippen MR) is 234 cm³/mol. The highest BCUT2D eigenvalue weighted by molar-refractivity contribution is 5.85. The number of hydrogen-bond acceptors (Lipinski definition) is 1. The van der Waals surface area contributed by atoms with E-state index in [1.807, 2.05) is 12.2 Å². The van der Waals surface area contributed by atoms with Gasteiger partial charge in [-0.1, -0.05) is 152 Å². The van der Waals surface area contributed by atoms with Crippen LogP contribution in [-0.4, -0.2) is 9.55 Å². The van der Waals surface area contributed by atoms with E-state index in [1.54, 1.807) is 0 Å². The van der Waals surface area contributed by atoms with Gasteiger partial charge in [-0.15, -0.1) is 13.2 Å². The van der Waals surface area contributed by atoms with Crippen molar-refractivity contribution in [1.82, 2.24) is 9.55 Å². The summed E-state index contributed by atoms with van der Waals surface area (Å²) in [7, 11) is 0. The lowest BCUT2D eigenvalue weighted by atomic mass is 9.79. The van der Waals surface area contributed by atoms with Gasteiger partial charge in [-0.3, -0.25) is 4.57 Å². The minimum absolute atomic E-state index is 0.131. The third-order valence-electron chi connectivity index (χ3n) is 10.8. The van der Waals surface area contributed by atoms with E-state index in [4.69, 9.17) is 11.6 Å². The van der Waals surface area contributed by atoms with Crippen LogP contribution in [0.5, 0.6) is 0 Å². The van der Waals surface area contributed by atoms with E-state index in [-0.39, 0.29) is 11.8 Å². The molecule has 2 atom stereocenters. The molecule has 0 saturated carbocycles. The molecule has 0 bridgehead atoms. The molecule has 0 N–H and O–H groups in total.